The van der Waals surface area contributed by atoms with Gasteiger partial charge in [0, 0.05) is 50.4 Å². The summed E-state index contributed by atoms with van der Waals surface area (Å²) in [6, 6.07) is 6.12. The van der Waals surface area contributed by atoms with Crippen molar-refractivity contribution in [2.75, 3.05) is 50.0 Å². The Hall–Kier alpha value is -2.08. The molecule has 6 heteroatoms. The molecule has 1 N–H and O–H groups in total. The van der Waals surface area contributed by atoms with E-state index in [1.165, 1.54) is 12.8 Å². The normalized spacial score (nSPS) is 23.0. The van der Waals surface area contributed by atoms with Crippen molar-refractivity contribution in [2.24, 2.45) is 11.8 Å². The Morgan fingerprint density at radius 2 is 1.71 bits per heavy atom. The minimum atomic E-state index is 0.111. The van der Waals surface area contributed by atoms with Gasteiger partial charge in [-0.05, 0) is 56.8 Å². The lowest BCUT2D eigenvalue weighted by molar-refractivity contribution is -0.117. The quantitative estimate of drug-likeness (QED) is 0.778. The molecular weight excluding hydrogens is 388 g/mol. The standard InChI is InChI=1S/C25H38N4O2/c1-18(2)23-17-27(3)14-15-29(23)25(31)21-11-10-20(26-24(30)19-8-9-19)16-22(21)28-12-6-4-5-7-13-28/h10-11,16,18-19,23H,4-9,12-15,17H2,1-3H3,(H,26,30). The summed E-state index contributed by atoms with van der Waals surface area (Å²) in [4.78, 5) is 32.9. The lowest BCUT2D eigenvalue weighted by atomic mass is 9.98. The molecule has 1 unspecified atom stereocenters. The Morgan fingerprint density at radius 3 is 2.35 bits per heavy atom. The van der Waals surface area contributed by atoms with E-state index in [0.29, 0.717) is 5.92 Å². The molecule has 1 atom stereocenters. The molecule has 6 nitrogen and oxygen atoms in total. The maximum atomic E-state index is 13.8. The Morgan fingerprint density at radius 1 is 1.00 bits per heavy atom. The third-order valence-corrected chi connectivity index (χ3v) is 7.04. The van der Waals surface area contributed by atoms with Crippen LogP contribution in [0.3, 0.4) is 0 Å². The molecule has 1 aromatic carbocycles. The van der Waals surface area contributed by atoms with Crippen LogP contribution in [0, 0.1) is 11.8 Å². The summed E-state index contributed by atoms with van der Waals surface area (Å²) in [5.74, 6) is 0.816. The Balaban J connectivity index is 1.64. The van der Waals surface area contributed by atoms with Crippen LogP contribution in [0.2, 0.25) is 0 Å². The van der Waals surface area contributed by atoms with Crippen LogP contribution in [0.1, 0.15) is 62.7 Å². The zero-order valence-corrected chi connectivity index (χ0v) is 19.4. The lowest BCUT2D eigenvalue weighted by Crippen LogP contribution is -2.56. The average Bonchev–Trinajstić information content (AvgIpc) is 3.60. The van der Waals surface area contributed by atoms with Gasteiger partial charge in [0.1, 0.15) is 0 Å². The van der Waals surface area contributed by atoms with Crippen LogP contribution in [0.25, 0.3) is 0 Å². The summed E-state index contributed by atoms with van der Waals surface area (Å²) in [6.07, 6.45) is 6.76. The largest absolute Gasteiger partial charge is 0.371 e. The van der Waals surface area contributed by atoms with Gasteiger partial charge < -0.3 is 20.0 Å². The predicted molar refractivity (Wildman–Crippen MR) is 126 cm³/mol. The number of nitrogens with one attached hydrogen (secondary N) is 1. The fourth-order valence-corrected chi connectivity index (χ4v) is 4.88. The van der Waals surface area contributed by atoms with E-state index in [0.717, 1.165) is 75.3 Å². The number of amides is 2. The maximum Gasteiger partial charge on any atom is 0.256 e. The SMILES string of the molecule is CC(C)C1CN(C)CCN1C(=O)c1ccc(NC(=O)C2CC2)cc1N1CCCCCC1. The third kappa shape index (κ3) is 5.22. The molecule has 0 spiro atoms. The molecule has 1 aromatic rings. The monoisotopic (exact) mass is 426 g/mol. The van der Waals surface area contributed by atoms with Gasteiger partial charge in [0.05, 0.1) is 11.3 Å². The molecule has 170 valence electrons. The number of likely N-dealkylation sites (N-methyl/N-ethyl adjacent to an activating group) is 1. The van der Waals surface area contributed by atoms with Crippen LogP contribution >= 0.6 is 0 Å². The van der Waals surface area contributed by atoms with Crippen LogP contribution in [0.15, 0.2) is 18.2 Å². The molecule has 2 heterocycles. The van der Waals surface area contributed by atoms with Crippen LogP contribution in [0.5, 0.6) is 0 Å². The Kier molecular flexibility index (Phi) is 6.85. The van der Waals surface area contributed by atoms with Gasteiger partial charge in [-0.15, -0.1) is 0 Å². The molecule has 2 saturated heterocycles. The molecule has 3 aliphatic rings. The molecule has 0 radical (unpaired) electrons. The smallest absolute Gasteiger partial charge is 0.256 e. The van der Waals surface area contributed by atoms with Crippen LogP contribution < -0.4 is 10.2 Å². The van der Waals surface area contributed by atoms with Gasteiger partial charge in [0.25, 0.3) is 5.91 Å². The summed E-state index contributed by atoms with van der Waals surface area (Å²) < 4.78 is 0. The van der Waals surface area contributed by atoms with Gasteiger partial charge in [-0.25, -0.2) is 0 Å². The molecule has 1 aliphatic carbocycles. The zero-order valence-electron chi connectivity index (χ0n) is 19.4. The lowest BCUT2D eigenvalue weighted by Gasteiger charge is -2.42. The topological polar surface area (TPSA) is 55.9 Å². The number of piperazine rings is 1. The fraction of sp³-hybridized carbons (Fsp3) is 0.680. The molecular formula is C25H38N4O2. The number of carbonyl (C=O) groups excluding carboxylic acids is 2. The number of nitrogens with zero attached hydrogens (tertiary/aromatic N) is 3. The van der Waals surface area contributed by atoms with E-state index in [-0.39, 0.29) is 23.8 Å². The molecule has 3 fully saturated rings. The van der Waals surface area contributed by atoms with Crippen molar-refractivity contribution in [1.29, 1.82) is 0 Å². The Labute approximate surface area is 187 Å². The highest BCUT2D eigenvalue weighted by atomic mass is 16.2. The summed E-state index contributed by atoms with van der Waals surface area (Å²) >= 11 is 0. The van der Waals surface area contributed by atoms with Crippen molar-refractivity contribution in [3.05, 3.63) is 23.8 Å². The molecule has 31 heavy (non-hydrogen) atoms. The van der Waals surface area contributed by atoms with Gasteiger partial charge >= 0.3 is 0 Å². The van der Waals surface area contributed by atoms with Gasteiger partial charge in [0.15, 0.2) is 0 Å². The second-order valence-corrected chi connectivity index (χ2v) is 9.97. The number of anilines is 2. The van der Waals surface area contributed by atoms with Gasteiger partial charge in [-0.1, -0.05) is 26.7 Å². The van der Waals surface area contributed by atoms with Gasteiger partial charge in [-0.3, -0.25) is 9.59 Å². The fourth-order valence-electron chi connectivity index (χ4n) is 4.88. The molecule has 2 amide bonds. The third-order valence-electron chi connectivity index (χ3n) is 7.04. The predicted octanol–water partition coefficient (Wildman–Crippen LogP) is 3.83. The highest BCUT2D eigenvalue weighted by Crippen LogP contribution is 2.33. The van der Waals surface area contributed by atoms with E-state index in [1.807, 2.05) is 18.2 Å². The van der Waals surface area contributed by atoms with Gasteiger partial charge in [-0.2, -0.15) is 0 Å². The van der Waals surface area contributed by atoms with E-state index >= 15 is 0 Å². The first-order chi connectivity index (χ1) is 14.9. The van der Waals surface area contributed by atoms with Crippen LogP contribution in [-0.4, -0.2) is 67.4 Å². The van der Waals surface area contributed by atoms with Crippen molar-refractivity contribution in [1.82, 2.24) is 9.80 Å². The minimum absolute atomic E-state index is 0.111. The van der Waals surface area contributed by atoms with E-state index in [1.54, 1.807) is 0 Å². The summed E-state index contributed by atoms with van der Waals surface area (Å²) in [7, 11) is 2.14. The molecule has 0 aromatic heterocycles. The molecule has 1 saturated carbocycles. The number of carbonyl (C=O) groups is 2. The summed E-state index contributed by atoms with van der Waals surface area (Å²) in [5, 5.41) is 3.08. The average molecular weight is 427 g/mol. The van der Waals surface area contributed by atoms with Crippen molar-refractivity contribution in [3.8, 4) is 0 Å². The van der Waals surface area contributed by atoms with Crippen molar-refractivity contribution >= 4 is 23.2 Å². The molecule has 0 bridgehead atoms. The van der Waals surface area contributed by atoms with Gasteiger partial charge in [0.2, 0.25) is 5.91 Å². The Bertz CT molecular complexity index is 797. The van der Waals surface area contributed by atoms with E-state index in [9.17, 15) is 9.59 Å². The van der Waals surface area contributed by atoms with Crippen LogP contribution in [0.4, 0.5) is 11.4 Å². The van der Waals surface area contributed by atoms with Crippen molar-refractivity contribution in [2.45, 2.75) is 58.4 Å². The van der Waals surface area contributed by atoms with Crippen LogP contribution in [-0.2, 0) is 4.79 Å². The highest BCUT2D eigenvalue weighted by molar-refractivity contribution is 6.02. The first-order valence-electron chi connectivity index (χ1n) is 12.1. The maximum absolute atomic E-state index is 13.8. The second-order valence-electron chi connectivity index (χ2n) is 9.97. The number of hydrogen-bond donors (Lipinski definition) is 1. The summed E-state index contributed by atoms with van der Waals surface area (Å²) in [5.41, 5.74) is 2.58. The van der Waals surface area contributed by atoms with E-state index in [2.05, 4.69) is 40.9 Å². The first kappa shape index (κ1) is 22.1. The highest BCUT2D eigenvalue weighted by Gasteiger charge is 2.34. The zero-order chi connectivity index (χ0) is 22.0. The molecule has 4 rings (SSSR count). The van der Waals surface area contributed by atoms with Crippen molar-refractivity contribution < 1.29 is 9.59 Å². The summed E-state index contributed by atoms with van der Waals surface area (Å²) in [6.45, 7) is 8.93. The van der Waals surface area contributed by atoms with E-state index in [4.69, 9.17) is 0 Å². The van der Waals surface area contributed by atoms with Crippen molar-refractivity contribution in [3.63, 3.8) is 0 Å². The molecule has 2 aliphatic heterocycles. The number of benzene rings is 1. The minimum Gasteiger partial charge on any atom is -0.371 e. The number of hydrogen-bond acceptors (Lipinski definition) is 4. The second kappa shape index (κ2) is 9.60. The van der Waals surface area contributed by atoms with E-state index < -0.39 is 0 Å². The first-order valence-corrected chi connectivity index (χ1v) is 12.1. The number of rotatable bonds is 5.